The van der Waals surface area contributed by atoms with Gasteiger partial charge in [-0.05, 0) is 54.4 Å². The molecule has 12 heteroatoms. The Balaban J connectivity index is 4.27. The molecule has 0 unspecified atom stereocenters. The molecule has 0 heterocycles. The van der Waals surface area contributed by atoms with Crippen LogP contribution in [0.5, 0.6) is 0 Å². The molecule has 0 saturated heterocycles. The second-order valence-corrected chi connectivity index (χ2v) is 12.7. The van der Waals surface area contributed by atoms with Crippen LogP contribution in [0.2, 0.25) is 12.1 Å². The smallest absolute Gasteiger partial charge is 0.374 e. The van der Waals surface area contributed by atoms with Crippen LogP contribution >= 0.6 is 8.25 Å². The first-order valence-corrected chi connectivity index (χ1v) is 16.2. The summed E-state index contributed by atoms with van der Waals surface area (Å²) in [5, 5.41) is 0. The predicted octanol–water partition coefficient (Wildman–Crippen LogP) is 4.29. The Labute approximate surface area is 185 Å². The van der Waals surface area contributed by atoms with Crippen molar-refractivity contribution in [3.63, 3.8) is 0 Å². The summed E-state index contributed by atoms with van der Waals surface area (Å²) in [6, 6.07) is 1.23. The van der Waals surface area contributed by atoms with E-state index in [4.69, 9.17) is 35.6 Å². The van der Waals surface area contributed by atoms with Gasteiger partial charge in [0.1, 0.15) is 0 Å². The van der Waals surface area contributed by atoms with E-state index in [-0.39, 0.29) is 0 Å². The molecule has 0 aromatic rings. The minimum absolute atomic E-state index is 0.301. The summed E-state index contributed by atoms with van der Waals surface area (Å²) in [7, 11) is -7.94. The molecule has 0 saturated carbocycles. The quantitative estimate of drug-likeness (QED) is 0.125. The van der Waals surface area contributed by atoms with Gasteiger partial charge in [0.05, 0.1) is 13.2 Å². The minimum Gasteiger partial charge on any atom is -0.374 e. The van der Waals surface area contributed by atoms with Gasteiger partial charge >= 0.3 is 25.9 Å². The van der Waals surface area contributed by atoms with Crippen molar-refractivity contribution in [1.82, 2.24) is 0 Å². The Kier molecular flexibility index (Phi) is 19.1. The lowest BCUT2D eigenvalue weighted by atomic mass is 10.5. The van der Waals surface area contributed by atoms with Gasteiger partial charge in [0, 0.05) is 51.7 Å². The highest BCUT2D eigenvalue weighted by Crippen LogP contribution is 2.27. The van der Waals surface area contributed by atoms with Crippen LogP contribution in [-0.4, -0.2) is 70.5 Å². The summed E-state index contributed by atoms with van der Waals surface area (Å²) in [6.07, 6.45) is 1.25. The molecule has 0 aliphatic heterocycles. The van der Waals surface area contributed by atoms with E-state index in [1.807, 2.05) is 41.5 Å². The zero-order valence-electron chi connectivity index (χ0n) is 19.7. The van der Waals surface area contributed by atoms with Gasteiger partial charge in [0.25, 0.3) is 0 Å². The van der Waals surface area contributed by atoms with E-state index >= 15 is 0 Å². The number of hydrogen-bond acceptors (Lipinski definition) is 9. The molecule has 0 radical (unpaired) electrons. The van der Waals surface area contributed by atoms with Crippen LogP contribution < -0.4 is 0 Å². The second-order valence-electron chi connectivity index (χ2n) is 6.12. The van der Waals surface area contributed by atoms with Crippen molar-refractivity contribution in [3.05, 3.63) is 0 Å². The van der Waals surface area contributed by atoms with Crippen molar-refractivity contribution < 1.29 is 40.2 Å². The lowest BCUT2D eigenvalue weighted by Crippen LogP contribution is -2.46. The standard InChI is InChI=1S/C18H43O9PSi2/c1-7-22-29(23-8-2,24-9-3)17-13-15-20-28(19)21-16-14-18-30(25-10-4,26-11-5)27-12-6/h28H,7-18H2,1-6H3. The maximum atomic E-state index is 12.0. The van der Waals surface area contributed by atoms with E-state index in [0.717, 1.165) is 0 Å². The summed E-state index contributed by atoms with van der Waals surface area (Å²) in [5.41, 5.74) is 0. The molecule has 0 aromatic carbocycles. The van der Waals surface area contributed by atoms with Gasteiger partial charge in [-0.15, -0.1) is 0 Å². The third-order valence-electron chi connectivity index (χ3n) is 3.88. The maximum Gasteiger partial charge on any atom is 0.501 e. The summed E-state index contributed by atoms with van der Waals surface area (Å²) < 4.78 is 57.5. The van der Waals surface area contributed by atoms with Crippen molar-refractivity contribution in [2.24, 2.45) is 0 Å². The third-order valence-corrected chi connectivity index (χ3v) is 11.1. The van der Waals surface area contributed by atoms with Crippen LogP contribution in [-0.2, 0) is 40.2 Å². The van der Waals surface area contributed by atoms with E-state index in [1.165, 1.54) is 0 Å². The van der Waals surface area contributed by atoms with Gasteiger partial charge in [-0.2, -0.15) is 0 Å². The Morgan fingerprint density at radius 3 is 1.03 bits per heavy atom. The van der Waals surface area contributed by atoms with Crippen molar-refractivity contribution in [2.75, 3.05) is 52.9 Å². The summed E-state index contributed by atoms with van der Waals surface area (Å²) in [5.74, 6) is 0. The van der Waals surface area contributed by atoms with Crippen LogP contribution in [0.25, 0.3) is 0 Å². The van der Waals surface area contributed by atoms with Gasteiger partial charge < -0.3 is 35.6 Å². The fourth-order valence-corrected chi connectivity index (χ4v) is 8.80. The first kappa shape index (κ1) is 30.3. The first-order chi connectivity index (χ1) is 14.5. The Morgan fingerprint density at radius 1 is 0.533 bits per heavy atom. The Bertz CT molecular complexity index is 362. The Morgan fingerprint density at radius 2 is 0.800 bits per heavy atom. The molecule has 0 aliphatic carbocycles. The average molecular weight is 491 g/mol. The average Bonchev–Trinajstić information content (AvgIpc) is 2.70. The van der Waals surface area contributed by atoms with Crippen LogP contribution in [0.15, 0.2) is 0 Å². The molecule has 0 N–H and O–H groups in total. The van der Waals surface area contributed by atoms with E-state index in [2.05, 4.69) is 0 Å². The fourth-order valence-electron chi connectivity index (χ4n) is 2.93. The fraction of sp³-hybridized carbons (Fsp3) is 1.00. The molecular formula is C18H43O9PSi2. The van der Waals surface area contributed by atoms with Gasteiger partial charge in [0.2, 0.25) is 0 Å². The van der Waals surface area contributed by atoms with Crippen molar-refractivity contribution in [1.29, 1.82) is 0 Å². The molecule has 0 fully saturated rings. The normalized spacial score (nSPS) is 12.8. The summed E-state index contributed by atoms with van der Waals surface area (Å²) >= 11 is 0. The zero-order valence-corrected chi connectivity index (χ0v) is 22.7. The van der Waals surface area contributed by atoms with Crippen LogP contribution in [0, 0.1) is 0 Å². The molecule has 0 spiro atoms. The molecule has 9 nitrogen and oxygen atoms in total. The molecule has 0 rings (SSSR count). The highest BCUT2D eigenvalue weighted by molar-refractivity contribution is 7.33. The van der Waals surface area contributed by atoms with E-state index in [9.17, 15) is 4.57 Å². The van der Waals surface area contributed by atoms with Crippen LogP contribution in [0.4, 0.5) is 0 Å². The molecule has 30 heavy (non-hydrogen) atoms. The number of hydrogen-bond donors (Lipinski definition) is 0. The maximum absolute atomic E-state index is 12.0. The van der Waals surface area contributed by atoms with E-state index in [1.54, 1.807) is 0 Å². The number of rotatable bonds is 22. The van der Waals surface area contributed by atoms with Crippen molar-refractivity contribution in [2.45, 2.75) is 66.5 Å². The van der Waals surface area contributed by atoms with Crippen molar-refractivity contribution >= 4 is 25.9 Å². The van der Waals surface area contributed by atoms with Gasteiger partial charge in [-0.1, -0.05) is 0 Å². The van der Waals surface area contributed by atoms with Crippen LogP contribution in [0.3, 0.4) is 0 Å². The molecule has 0 amide bonds. The van der Waals surface area contributed by atoms with E-state index < -0.39 is 25.9 Å². The lowest BCUT2D eigenvalue weighted by molar-refractivity contribution is 0.0694. The lowest BCUT2D eigenvalue weighted by Gasteiger charge is -2.28. The van der Waals surface area contributed by atoms with Crippen LogP contribution in [0.1, 0.15) is 54.4 Å². The Hall–Kier alpha value is 0.344. The topological polar surface area (TPSA) is 90.9 Å². The monoisotopic (exact) mass is 490 g/mol. The molecule has 0 bridgehead atoms. The van der Waals surface area contributed by atoms with Gasteiger partial charge in [-0.3, -0.25) is 4.57 Å². The predicted molar refractivity (Wildman–Crippen MR) is 121 cm³/mol. The first-order valence-electron chi connectivity index (χ1n) is 11.1. The molecular weight excluding hydrogens is 447 g/mol. The summed E-state index contributed by atoms with van der Waals surface area (Å²) in [6.45, 7) is 15.3. The third kappa shape index (κ3) is 13.0. The van der Waals surface area contributed by atoms with Gasteiger partial charge in [-0.25, -0.2) is 0 Å². The molecule has 0 atom stereocenters. The molecule has 0 aliphatic rings. The van der Waals surface area contributed by atoms with Crippen molar-refractivity contribution in [3.8, 4) is 0 Å². The SMILES string of the molecule is CCO[Si](CCCO[PH](=O)OCCC[Si](OCC)(OCC)OCC)(OCC)OCC. The molecule has 0 aromatic heterocycles. The largest absolute Gasteiger partial charge is 0.501 e. The molecule has 182 valence electrons. The highest BCUT2D eigenvalue weighted by Gasteiger charge is 2.40. The highest BCUT2D eigenvalue weighted by atomic mass is 31.1. The minimum atomic E-state index is -2.69. The second kappa shape index (κ2) is 18.9. The van der Waals surface area contributed by atoms with E-state index in [0.29, 0.717) is 77.8 Å². The zero-order chi connectivity index (χ0) is 22.7. The summed E-state index contributed by atoms with van der Waals surface area (Å²) in [4.78, 5) is 0. The van der Waals surface area contributed by atoms with Gasteiger partial charge in [0.15, 0.2) is 0 Å².